The maximum absolute atomic E-state index is 13.8. The fourth-order valence-electron chi connectivity index (χ4n) is 2.42. The van der Waals surface area contributed by atoms with E-state index in [4.69, 9.17) is 20.8 Å². The third-order valence-corrected chi connectivity index (χ3v) is 4.00. The molecule has 0 saturated carbocycles. The SMILES string of the molecule is Cc1ccc(F)c(NC(=O)c2ccc(COc3ccc(Cl)cc3C)o2)c1. The highest BCUT2D eigenvalue weighted by Crippen LogP contribution is 2.23. The first kappa shape index (κ1) is 18.0. The lowest BCUT2D eigenvalue weighted by Crippen LogP contribution is -2.12. The Balaban J connectivity index is 1.65. The molecule has 3 aromatic rings. The van der Waals surface area contributed by atoms with Gasteiger partial charge in [-0.15, -0.1) is 0 Å². The zero-order valence-corrected chi connectivity index (χ0v) is 15.1. The van der Waals surface area contributed by atoms with E-state index in [1.807, 2.05) is 13.8 Å². The monoisotopic (exact) mass is 373 g/mol. The number of amides is 1. The van der Waals surface area contributed by atoms with Crippen LogP contribution >= 0.6 is 11.6 Å². The summed E-state index contributed by atoms with van der Waals surface area (Å²) in [5, 5.41) is 3.14. The van der Waals surface area contributed by atoms with Crippen LogP contribution in [0.2, 0.25) is 5.02 Å². The van der Waals surface area contributed by atoms with Crippen LogP contribution in [0, 0.1) is 19.7 Å². The highest BCUT2D eigenvalue weighted by molar-refractivity contribution is 6.30. The summed E-state index contributed by atoms with van der Waals surface area (Å²) in [7, 11) is 0. The van der Waals surface area contributed by atoms with Crippen molar-refractivity contribution in [2.24, 2.45) is 0 Å². The first-order valence-electron chi connectivity index (χ1n) is 7.97. The van der Waals surface area contributed by atoms with Crippen LogP contribution in [0.1, 0.15) is 27.4 Å². The molecule has 2 aromatic carbocycles. The molecule has 6 heteroatoms. The number of hydrogen-bond acceptors (Lipinski definition) is 3. The minimum atomic E-state index is -0.525. The lowest BCUT2D eigenvalue weighted by Gasteiger charge is -2.08. The Morgan fingerprint density at radius 2 is 1.96 bits per heavy atom. The van der Waals surface area contributed by atoms with Crippen molar-refractivity contribution in [3.63, 3.8) is 0 Å². The van der Waals surface area contributed by atoms with Gasteiger partial charge in [-0.1, -0.05) is 17.7 Å². The summed E-state index contributed by atoms with van der Waals surface area (Å²) in [5.74, 6) is 0.214. The number of benzene rings is 2. The maximum atomic E-state index is 13.8. The van der Waals surface area contributed by atoms with Gasteiger partial charge in [0, 0.05) is 5.02 Å². The number of carbonyl (C=O) groups is 1. The highest BCUT2D eigenvalue weighted by Gasteiger charge is 2.14. The van der Waals surface area contributed by atoms with Crippen molar-refractivity contribution in [1.29, 1.82) is 0 Å². The average Bonchev–Trinajstić information content (AvgIpc) is 3.06. The van der Waals surface area contributed by atoms with E-state index in [2.05, 4.69) is 5.32 Å². The van der Waals surface area contributed by atoms with E-state index < -0.39 is 11.7 Å². The molecule has 0 spiro atoms. The molecular weight excluding hydrogens is 357 g/mol. The molecule has 0 fully saturated rings. The van der Waals surface area contributed by atoms with E-state index in [1.54, 1.807) is 36.4 Å². The first-order chi connectivity index (χ1) is 12.4. The third-order valence-electron chi connectivity index (χ3n) is 3.76. The molecule has 1 heterocycles. The van der Waals surface area contributed by atoms with E-state index in [1.165, 1.54) is 12.1 Å². The van der Waals surface area contributed by atoms with Crippen LogP contribution in [0.15, 0.2) is 52.9 Å². The van der Waals surface area contributed by atoms with Crippen molar-refractivity contribution in [2.45, 2.75) is 20.5 Å². The Hall–Kier alpha value is -2.79. The summed E-state index contributed by atoms with van der Waals surface area (Å²) in [6.07, 6.45) is 0. The second-order valence-corrected chi connectivity index (χ2v) is 6.34. The number of furan rings is 1. The molecule has 0 radical (unpaired) electrons. The van der Waals surface area contributed by atoms with Gasteiger partial charge in [0.25, 0.3) is 5.91 Å². The number of aryl methyl sites for hydroxylation is 2. The predicted molar refractivity (Wildman–Crippen MR) is 98.3 cm³/mol. The Bertz CT molecular complexity index is 952. The van der Waals surface area contributed by atoms with Gasteiger partial charge in [-0.3, -0.25) is 4.79 Å². The molecule has 134 valence electrons. The van der Waals surface area contributed by atoms with Crippen LogP contribution in [0.5, 0.6) is 5.75 Å². The summed E-state index contributed by atoms with van der Waals surface area (Å²) >= 11 is 5.91. The molecule has 1 aromatic heterocycles. The minimum Gasteiger partial charge on any atom is -0.485 e. The van der Waals surface area contributed by atoms with E-state index in [0.29, 0.717) is 16.5 Å². The Kier molecular flexibility index (Phi) is 5.28. The van der Waals surface area contributed by atoms with Crippen molar-refractivity contribution in [1.82, 2.24) is 0 Å². The standard InChI is InChI=1S/C20H17ClFNO3/c1-12-3-6-16(22)17(9-12)23-20(24)19-8-5-15(26-19)11-25-18-7-4-14(21)10-13(18)2/h3-10H,11H2,1-2H3,(H,23,24). The van der Waals surface area contributed by atoms with Gasteiger partial charge < -0.3 is 14.5 Å². The molecule has 1 amide bonds. The molecule has 0 aliphatic rings. The van der Waals surface area contributed by atoms with Gasteiger partial charge in [0.1, 0.15) is 23.9 Å². The largest absolute Gasteiger partial charge is 0.485 e. The van der Waals surface area contributed by atoms with Gasteiger partial charge in [-0.25, -0.2) is 4.39 Å². The van der Waals surface area contributed by atoms with Gasteiger partial charge in [-0.2, -0.15) is 0 Å². The molecule has 0 atom stereocenters. The Labute approximate surface area is 155 Å². The third kappa shape index (κ3) is 4.24. The van der Waals surface area contributed by atoms with Crippen molar-refractivity contribution < 1.29 is 18.3 Å². The average molecular weight is 374 g/mol. The van der Waals surface area contributed by atoms with E-state index in [9.17, 15) is 9.18 Å². The van der Waals surface area contributed by atoms with E-state index in [0.717, 1.165) is 11.1 Å². The van der Waals surface area contributed by atoms with Gasteiger partial charge in [0.2, 0.25) is 0 Å². The Morgan fingerprint density at radius 3 is 2.73 bits per heavy atom. The molecule has 4 nitrogen and oxygen atoms in total. The smallest absolute Gasteiger partial charge is 0.291 e. The summed E-state index contributed by atoms with van der Waals surface area (Å²) in [4.78, 5) is 12.2. The fraction of sp³-hybridized carbons (Fsp3) is 0.150. The molecular formula is C20H17ClFNO3. The fourth-order valence-corrected chi connectivity index (χ4v) is 2.65. The molecule has 1 N–H and O–H groups in total. The maximum Gasteiger partial charge on any atom is 0.291 e. The lowest BCUT2D eigenvalue weighted by atomic mass is 10.2. The number of ether oxygens (including phenoxy) is 1. The summed E-state index contributed by atoms with van der Waals surface area (Å²) in [6.45, 7) is 3.86. The second kappa shape index (κ2) is 7.62. The number of carbonyl (C=O) groups excluding carboxylic acids is 1. The van der Waals surface area contributed by atoms with Crippen LogP contribution < -0.4 is 10.1 Å². The number of rotatable bonds is 5. The van der Waals surface area contributed by atoms with Gasteiger partial charge in [0.15, 0.2) is 5.76 Å². The number of halogens is 2. The van der Waals surface area contributed by atoms with Gasteiger partial charge in [-0.05, 0) is 67.4 Å². The minimum absolute atomic E-state index is 0.0809. The van der Waals surface area contributed by atoms with Crippen LogP contribution in [-0.2, 0) is 6.61 Å². The van der Waals surface area contributed by atoms with Crippen LogP contribution in [-0.4, -0.2) is 5.91 Å². The number of anilines is 1. The summed E-state index contributed by atoms with van der Waals surface area (Å²) < 4.78 is 24.9. The predicted octanol–water partition coefficient (Wildman–Crippen LogP) is 5.52. The van der Waals surface area contributed by atoms with Crippen molar-refractivity contribution >= 4 is 23.2 Å². The quantitative estimate of drug-likeness (QED) is 0.640. The normalized spacial score (nSPS) is 10.6. The van der Waals surface area contributed by atoms with Gasteiger partial charge in [0.05, 0.1) is 5.69 Å². The molecule has 0 bridgehead atoms. The first-order valence-corrected chi connectivity index (χ1v) is 8.35. The molecule has 3 rings (SSSR count). The number of nitrogens with one attached hydrogen (secondary N) is 1. The summed E-state index contributed by atoms with van der Waals surface area (Å²) in [5.41, 5.74) is 1.85. The molecule has 0 unspecified atom stereocenters. The lowest BCUT2D eigenvalue weighted by molar-refractivity contribution is 0.0992. The van der Waals surface area contributed by atoms with Crippen molar-refractivity contribution in [3.8, 4) is 5.75 Å². The number of hydrogen-bond donors (Lipinski definition) is 1. The Morgan fingerprint density at radius 1 is 1.15 bits per heavy atom. The molecule has 0 saturated heterocycles. The molecule has 0 aliphatic carbocycles. The van der Waals surface area contributed by atoms with E-state index in [-0.39, 0.29) is 18.1 Å². The van der Waals surface area contributed by atoms with E-state index >= 15 is 0 Å². The van der Waals surface area contributed by atoms with Crippen molar-refractivity contribution in [3.05, 3.63) is 82.0 Å². The molecule has 26 heavy (non-hydrogen) atoms. The van der Waals surface area contributed by atoms with Crippen molar-refractivity contribution in [2.75, 3.05) is 5.32 Å². The molecule has 0 aliphatic heterocycles. The van der Waals surface area contributed by atoms with Gasteiger partial charge >= 0.3 is 0 Å². The van der Waals surface area contributed by atoms with Crippen LogP contribution in [0.4, 0.5) is 10.1 Å². The highest BCUT2D eigenvalue weighted by atomic mass is 35.5. The summed E-state index contributed by atoms with van der Waals surface area (Å²) in [6, 6.07) is 13.0. The van der Waals surface area contributed by atoms with Crippen LogP contribution in [0.3, 0.4) is 0 Å². The zero-order chi connectivity index (χ0) is 18.7. The second-order valence-electron chi connectivity index (χ2n) is 5.90. The topological polar surface area (TPSA) is 51.5 Å². The zero-order valence-electron chi connectivity index (χ0n) is 14.3. The van der Waals surface area contributed by atoms with Crippen LogP contribution in [0.25, 0.3) is 0 Å².